The smallest absolute Gasteiger partial charge is 0.170 e. The van der Waals surface area contributed by atoms with Gasteiger partial charge in [0.15, 0.2) is 5.11 Å². The van der Waals surface area contributed by atoms with E-state index in [0.29, 0.717) is 39.7 Å². The summed E-state index contributed by atoms with van der Waals surface area (Å²) in [6.45, 7) is 1.00. The zero-order valence-electron chi connectivity index (χ0n) is 11.6. The summed E-state index contributed by atoms with van der Waals surface area (Å²) >= 11 is 16.9. The number of anilines is 2. The Balaban J connectivity index is 1.70. The second kappa shape index (κ2) is 8.08. The Kier molecular flexibility index (Phi) is 6.12. The lowest BCUT2D eigenvalue weighted by molar-refractivity contribution is 0.323. The van der Waals surface area contributed by atoms with Crippen LogP contribution < -0.4 is 21.1 Å². The molecular formula is C15H15Cl2N3OS. The number of benzene rings is 2. The molecule has 0 aromatic heterocycles. The van der Waals surface area contributed by atoms with Gasteiger partial charge in [0.25, 0.3) is 0 Å². The van der Waals surface area contributed by atoms with E-state index in [4.69, 9.17) is 45.9 Å². The predicted molar refractivity (Wildman–Crippen MR) is 97.0 cm³/mol. The lowest BCUT2D eigenvalue weighted by Gasteiger charge is -2.11. The van der Waals surface area contributed by atoms with E-state index >= 15 is 0 Å². The Morgan fingerprint density at radius 1 is 1.09 bits per heavy atom. The molecule has 0 fully saturated rings. The van der Waals surface area contributed by atoms with Crippen LogP contribution in [0, 0.1) is 0 Å². The van der Waals surface area contributed by atoms with E-state index in [9.17, 15) is 0 Å². The molecule has 2 aromatic rings. The Morgan fingerprint density at radius 2 is 1.82 bits per heavy atom. The monoisotopic (exact) mass is 355 g/mol. The fraction of sp³-hybridized carbons (Fsp3) is 0.133. The van der Waals surface area contributed by atoms with Crippen LogP contribution in [0.3, 0.4) is 0 Å². The van der Waals surface area contributed by atoms with Crippen LogP contribution in [0.5, 0.6) is 5.75 Å². The highest BCUT2D eigenvalue weighted by Gasteiger charge is 2.01. The molecule has 4 nitrogen and oxygen atoms in total. The van der Waals surface area contributed by atoms with Crippen molar-refractivity contribution in [2.24, 2.45) is 0 Å². The molecule has 2 aromatic carbocycles. The summed E-state index contributed by atoms with van der Waals surface area (Å²) in [7, 11) is 0. The molecule has 2 rings (SSSR count). The fourth-order valence-corrected chi connectivity index (χ4v) is 2.15. The molecule has 0 saturated carbocycles. The lowest BCUT2D eigenvalue weighted by Crippen LogP contribution is -2.31. The third-order valence-electron chi connectivity index (χ3n) is 2.72. The van der Waals surface area contributed by atoms with Gasteiger partial charge in [0.05, 0.1) is 16.6 Å². The number of nitrogens with two attached hydrogens (primary N) is 1. The number of halogens is 2. The predicted octanol–water partition coefficient (Wildman–Crippen LogP) is 3.94. The van der Waals surface area contributed by atoms with E-state index in [1.54, 1.807) is 30.3 Å². The van der Waals surface area contributed by atoms with Crippen molar-refractivity contribution in [1.82, 2.24) is 5.32 Å². The summed E-state index contributed by atoms with van der Waals surface area (Å²) in [6.07, 6.45) is 0. The van der Waals surface area contributed by atoms with E-state index in [1.807, 2.05) is 12.1 Å². The lowest BCUT2D eigenvalue weighted by atomic mass is 10.3. The molecule has 0 unspecified atom stereocenters. The molecule has 22 heavy (non-hydrogen) atoms. The Hall–Kier alpha value is -1.69. The number of nitrogens with one attached hydrogen (secondary N) is 2. The van der Waals surface area contributed by atoms with Crippen molar-refractivity contribution in [2.75, 3.05) is 24.2 Å². The molecule has 4 N–H and O–H groups in total. The van der Waals surface area contributed by atoms with E-state index in [2.05, 4.69) is 10.6 Å². The van der Waals surface area contributed by atoms with Gasteiger partial charge in [-0.1, -0.05) is 23.2 Å². The number of hydrogen-bond acceptors (Lipinski definition) is 3. The molecule has 7 heteroatoms. The quantitative estimate of drug-likeness (QED) is 0.430. The first-order valence-electron chi connectivity index (χ1n) is 6.53. The van der Waals surface area contributed by atoms with E-state index in [-0.39, 0.29) is 0 Å². The van der Waals surface area contributed by atoms with Gasteiger partial charge in [-0.15, -0.1) is 0 Å². The topological polar surface area (TPSA) is 59.3 Å². The molecule has 0 aliphatic rings. The first-order chi connectivity index (χ1) is 10.5. The van der Waals surface area contributed by atoms with Crippen LogP contribution in [0.25, 0.3) is 0 Å². The summed E-state index contributed by atoms with van der Waals surface area (Å²) in [4.78, 5) is 0. The average molecular weight is 356 g/mol. The van der Waals surface area contributed by atoms with Gasteiger partial charge in [-0.3, -0.25) is 0 Å². The summed E-state index contributed by atoms with van der Waals surface area (Å²) in [5, 5.41) is 7.58. The highest BCUT2D eigenvalue weighted by molar-refractivity contribution is 7.80. The molecule has 0 amide bonds. The summed E-state index contributed by atoms with van der Waals surface area (Å²) in [5.74, 6) is 0.661. The minimum atomic E-state index is 0.446. The second-order valence-corrected chi connectivity index (χ2v) is 5.65. The molecule has 0 atom stereocenters. The normalized spacial score (nSPS) is 10.1. The maximum atomic E-state index is 5.91. The number of ether oxygens (including phenoxy) is 1. The minimum absolute atomic E-state index is 0.446. The van der Waals surface area contributed by atoms with Gasteiger partial charge in [0.2, 0.25) is 0 Å². The first kappa shape index (κ1) is 16.7. The third-order valence-corrected chi connectivity index (χ3v) is 3.70. The Bertz CT molecular complexity index is 650. The van der Waals surface area contributed by atoms with Crippen LogP contribution in [0.1, 0.15) is 0 Å². The Morgan fingerprint density at radius 3 is 2.50 bits per heavy atom. The van der Waals surface area contributed by atoms with Crippen molar-refractivity contribution in [2.45, 2.75) is 0 Å². The summed E-state index contributed by atoms with van der Waals surface area (Å²) in [6, 6.07) is 12.5. The SMILES string of the molecule is Nc1ccc(NC(=S)NCCOc2ccc(Cl)c(Cl)c2)cc1. The van der Waals surface area contributed by atoms with Gasteiger partial charge >= 0.3 is 0 Å². The van der Waals surface area contributed by atoms with Crippen molar-refractivity contribution in [3.05, 3.63) is 52.5 Å². The van der Waals surface area contributed by atoms with Crippen molar-refractivity contribution < 1.29 is 4.74 Å². The van der Waals surface area contributed by atoms with Crippen LogP contribution >= 0.6 is 35.4 Å². The van der Waals surface area contributed by atoms with Gasteiger partial charge in [0.1, 0.15) is 12.4 Å². The fourth-order valence-electron chi connectivity index (χ4n) is 1.64. The maximum absolute atomic E-state index is 5.91. The van der Waals surface area contributed by atoms with Crippen LogP contribution in [-0.2, 0) is 0 Å². The van der Waals surface area contributed by atoms with E-state index < -0.39 is 0 Å². The standard InChI is InChI=1S/C15H15Cl2N3OS/c16-13-6-5-12(9-14(13)17)21-8-7-19-15(22)20-11-3-1-10(18)2-4-11/h1-6,9H,7-8,18H2,(H2,19,20,22). The molecule has 0 aliphatic heterocycles. The molecular weight excluding hydrogens is 341 g/mol. The second-order valence-electron chi connectivity index (χ2n) is 4.43. The average Bonchev–Trinajstić information content (AvgIpc) is 2.49. The molecule has 0 heterocycles. The molecule has 0 saturated heterocycles. The zero-order chi connectivity index (χ0) is 15.9. The van der Waals surface area contributed by atoms with Gasteiger partial charge in [-0.25, -0.2) is 0 Å². The van der Waals surface area contributed by atoms with Crippen LogP contribution in [-0.4, -0.2) is 18.3 Å². The highest BCUT2D eigenvalue weighted by atomic mass is 35.5. The van der Waals surface area contributed by atoms with E-state index in [0.717, 1.165) is 5.69 Å². The highest BCUT2D eigenvalue weighted by Crippen LogP contribution is 2.26. The van der Waals surface area contributed by atoms with Crippen LogP contribution in [0.2, 0.25) is 10.0 Å². The summed E-state index contributed by atoms with van der Waals surface area (Å²) in [5.41, 5.74) is 7.20. The maximum Gasteiger partial charge on any atom is 0.170 e. The van der Waals surface area contributed by atoms with Crippen LogP contribution in [0.15, 0.2) is 42.5 Å². The van der Waals surface area contributed by atoms with Gasteiger partial charge in [-0.05, 0) is 48.6 Å². The van der Waals surface area contributed by atoms with Crippen molar-refractivity contribution in [3.8, 4) is 5.75 Å². The van der Waals surface area contributed by atoms with Crippen LogP contribution in [0.4, 0.5) is 11.4 Å². The largest absolute Gasteiger partial charge is 0.492 e. The molecule has 116 valence electrons. The van der Waals surface area contributed by atoms with Crippen molar-refractivity contribution in [1.29, 1.82) is 0 Å². The number of thiocarbonyl (C=S) groups is 1. The molecule has 0 aliphatic carbocycles. The van der Waals surface area contributed by atoms with Crippen molar-refractivity contribution in [3.63, 3.8) is 0 Å². The number of rotatable bonds is 5. The third kappa shape index (κ3) is 5.26. The first-order valence-corrected chi connectivity index (χ1v) is 7.69. The zero-order valence-corrected chi connectivity index (χ0v) is 13.9. The van der Waals surface area contributed by atoms with Gasteiger partial charge in [0, 0.05) is 17.4 Å². The van der Waals surface area contributed by atoms with Crippen molar-refractivity contribution >= 4 is 51.9 Å². The molecule has 0 bridgehead atoms. The van der Waals surface area contributed by atoms with E-state index in [1.165, 1.54) is 0 Å². The minimum Gasteiger partial charge on any atom is -0.492 e. The number of nitrogen functional groups attached to an aromatic ring is 1. The van der Waals surface area contributed by atoms with Gasteiger partial charge < -0.3 is 21.1 Å². The van der Waals surface area contributed by atoms with Gasteiger partial charge in [-0.2, -0.15) is 0 Å². The number of hydrogen-bond donors (Lipinski definition) is 3. The Labute approximate surface area is 144 Å². The molecule has 0 radical (unpaired) electrons. The summed E-state index contributed by atoms with van der Waals surface area (Å²) < 4.78 is 5.55. The molecule has 0 spiro atoms.